The number of sulfonamides is 1. The maximum absolute atomic E-state index is 10.9. The first-order chi connectivity index (χ1) is 5.27. The Balaban J connectivity index is 4.04. The molecule has 0 aliphatic carbocycles. The van der Waals surface area contributed by atoms with Crippen molar-refractivity contribution in [3.8, 4) is 0 Å². The molecule has 74 valence electrons. The smallest absolute Gasteiger partial charge is 0.209 e. The minimum absolute atomic E-state index is 0.302. The van der Waals surface area contributed by atoms with Crippen molar-refractivity contribution >= 4 is 10.0 Å². The second kappa shape index (κ2) is 4.23. The molecule has 0 saturated carbocycles. The topological polar surface area (TPSA) is 46.2 Å². The van der Waals surface area contributed by atoms with Gasteiger partial charge in [-0.3, -0.25) is 0 Å². The molecule has 0 aromatic heterocycles. The lowest BCUT2D eigenvalue weighted by Gasteiger charge is -2.24. The highest BCUT2D eigenvalue weighted by Crippen LogP contribution is 2.13. The van der Waals surface area contributed by atoms with E-state index in [4.69, 9.17) is 0 Å². The fourth-order valence-electron chi connectivity index (χ4n) is 1.17. The zero-order valence-corrected chi connectivity index (χ0v) is 9.16. The van der Waals surface area contributed by atoms with E-state index in [0.717, 1.165) is 19.3 Å². The van der Waals surface area contributed by atoms with Crippen molar-refractivity contribution in [1.29, 1.82) is 0 Å². The first kappa shape index (κ1) is 11.9. The summed E-state index contributed by atoms with van der Waals surface area (Å²) in [5, 5.41) is 0. The summed E-state index contributed by atoms with van der Waals surface area (Å²) < 4.78 is 24.4. The maximum atomic E-state index is 10.9. The standard InChI is InChI=1S/C8H19NO2S/c1-5-6-7-8(2,3)9-12(4,10)11/h9H,5-7H2,1-4H3. The summed E-state index contributed by atoms with van der Waals surface area (Å²) in [6.07, 6.45) is 4.22. The Morgan fingerprint density at radius 2 is 1.83 bits per heavy atom. The molecular weight excluding hydrogens is 174 g/mol. The highest BCUT2D eigenvalue weighted by molar-refractivity contribution is 7.88. The summed E-state index contributed by atoms with van der Waals surface area (Å²) in [7, 11) is -3.06. The van der Waals surface area contributed by atoms with Crippen LogP contribution in [0.1, 0.15) is 40.0 Å². The maximum Gasteiger partial charge on any atom is 0.209 e. The fourth-order valence-corrected chi connectivity index (χ4v) is 2.28. The van der Waals surface area contributed by atoms with Gasteiger partial charge in [0.2, 0.25) is 10.0 Å². The lowest BCUT2D eigenvalue weighted by molar-refractivity contribution is 0.409. The van der Waals surface area contributed by atoms with Gasteiger partial charge in [-0.2, -0.15) is 0 Å². The molecule has 0 amide bonds. The van der Waals surface area contributed by atoms with Crippen LogP contribution in [0.3, 0.4) is 0 Å². The van der Waals surface area contributed by atoms with Crippen LogP contribution in [0.15, 0.2) is 0 Å². The third kappa shape index (κ3) is 6.61. The number of hydrogen-bond donors (Lipinski definition) is 1. The Hall–Kier alpha value is -0.0900. The molecule has 0 bridgehead atoms. The van der Waals surface area contributed by atoms with Crippen molar-refractivity contribution in [2.75, 3.05) is 6.26 Å². The molecule has 0 radical (unpaired) electrons. The molecule has 0 rings (SSSR count). The molecule has 1 N–H and O–H groups in total. The molecule has 0 aliphatic heterocycles. The Morgan fingerprint density at radius 3 is 2.17 bits per heavy atom. The van der Waals surface area contributed by atoms with Gasteiger partial charge in [0, 0.05) is 5.54 Å². The summed E-state index contributed by atoms with van der Waals surface area (Å²) in [6, 6.07) is 0. The van der Waals surface area contributed by atoms with Crippen molar-refractivity contribution < 1.29 is 8.42 Å². The van der Waals surface area contributed by atoms with Crippen molar-refractivity contribution in [2.24, 2.45) is 0 Å². The van der Waals surface area contributed by atoms with Gasteiger partial charge in [-0.25, -0.2) is 13.1 Å². The molecule has 0 spiro atoms. The minimum atomic E-state index is -3.06. The van der Waals surface area contributed by atoms with E-state index in [1.807, 2.05) is 13.8 Å². The van der Waals surface area contributed by atoms with E-state index >= 15 is 0 Å². The summed E-state index contributed by atoms with van der Waals surface area (Å²) in [5.74, 6) is 0. The van der Waals surface area contributed by atoms with Crippen LogP contribution in [-0.2, 0) is 10.0 Å². The van der Waals surface area contributed by atoms with Crippen LogP contribution >= 0.6 is 0 Å². The highest BCUT2D eigenvalue weighted by Gasteiger charge is 2.20. The Kier molecular flexibility index (Phi) is 4.20. The van der Waals surface area contributed by atoms with Crippen LogP contribution in [0.25, 0.3) is 0 Å². The van der Waals surface area contributed by atoms with Gasteiger partial charge in [0.15, 0.2) is 0 Å². The van der Waals surface area contributed by atoms with Crippen LogP contribution in [-0.4, -0.2) is 20.2 Å². The van der Waals surface area contributed by atoms with Crippen LogP contribution < -0.4 is 4.72 Å². The molecule has 0 atom stereocenters. The molecule has 0 heterocycles. The average Bonchev–Trinajstić information content (AvgIpc) is 1.78. The van der Waals surface area contributed by atoms with E-state index in [-0.39, 0.29) is 5.54 Å². The van der Waals surface area contributed by atoms with Crippen molar-refractivity contribution in [3.05, 3.63) is 0 Å². The lowest BCUT2D eigenvalue weighted by Crippen LogP contribution is -2.42. The normalized spacial score (nSPS) is 13.3. The molecule has 4 heteroatoms. The predicted molar refractivity (Wildman–Crippen MR) is 51.6 cm³/mol. The van der Waals surface area contributed by atoms with Gasteiger partial charge >= 0.3 is 0 Å². The van der Waals surface area contributed by atoms with Crippen molar-refractivity contribution in [2.45, 2.75) is 45.6 Å². The molecule has 0 aliphatic rings. The monoisotopic (exact) mass is 193 g/mol. The zero-order valence-electron chi connectivity index (χ0n) is 8.35. The van der Waals surface area contributed by atoms with E-state index in [1.165, 1.54) is 6.26 Å². The lowest BCUT2D eigenvalue weighted by atomic mass is 9.99. The average molecular weight is 193 g/mol. The molecule has 0 fully saturated rings. The summed E-state index contributed by atoms with van der Waals surface area (Å²) in [5.41, 5.74) is -0.302. The Bertz CT molecular complexity index is 219. The number of nitrogens with one attached hydrogen (secondary N) is 1. The van der Waals surface area contributed by atoms with Gasteiger partial charge in [0.05, 0.1) is 6.26 Å². The highest BCUT2D eigenvalue weighted by atomic mass is 32.2. The van der Waals surface area contributed by atoms with E-state index in [0.29, 0.717) is 0 Å². The van der Waals surface area contributed by atoms with Crippen LogP contribution in [0.2, 0.25) is 0 Å². The van der Waals surface area contributed by atoms with E-state index in [2.05, 4.69) is 11.6 Å². The van der Waals surface area contributed by atoms with Crippen LogP contribution in [0, 0.1) is 0 Å². The van der Waals surface area contributed by atoms with E-state index < -0.39 is 10.0 Å². The zero-order chi connectivity index (χ0) is 9.83. The number of rotatable bonds is 5. The van der Waals surface area contributed by atoms with Gasteiger partial charge in [-0.15, -0.1) is 0 Å². The van der Waals surface area contributed by atoms with Gasteiger partial charge in [-0.1, -0.05) is 19.8 Å². The van der Waals surface area contributed by atoms with E-state index in [9.17, 15) is 8.42 Å². The predicted octanol–water partition coefficient (Wildman–Crippen LogP) is 1.50. The van der Waals surface area contributed by atoms with Gasteiger partial charge in [0.25, 0.3) is 0 Å². The van der Waals surface area contributed by atoms with E-state index in [1.54, 1.807) is 0 Å². The van der Waals surface area contributed by atoms with Crippen molar-refractivity contribution in [3.63, 3.8) is 0 Å². The summed E-state index contributed by atoms with van der Waals surface area (Å²) in [6.45, 7) is 5.91. The van der Waals surface area contributed by atoms with Gasteiger partial charge < -0.3 is 0 Å². The molecule has 0 aromatic rings. The quantitative estimate of drug-likeness (QED) is 0.719. The number of unbranched alkanes of at least 4 members (excludes halogenated alkanes) is 1. The molecule has 3 nitrogen and oxygen atoms in total. The molecule has 0 saturated heterocycles. The van der Waals surface area contributed by atoms with Crippen LogP contribution in [0.5, 0.6) is 0 Å². The summed E-state index contributed by atoms with van der Waals surface area (Å²) in [4.78, 5) is 0. The third-order valence-corrected chi connectivity index (χ3v) is 2.54. The minimum Gasteiger partial charge on any atom is -0.213 e. The fraction of sp³-hybridized carbons (Fsp3) is 1.00. The van der Waals surface area contributed by atoms with Crippen LogP contribution in [0.4, 0.5) is 0 Å². The van der Waals surface area contributed by atoms with Gasteiger partial charge in [0.1, 0.15) is 0 Å². The Morgan fingerprint density at radius 1 is 1.33 bits per heavy atom. The third-order valence-electron chi connectivity index (χ3n) is 1.62. The largest absolute Gasteiger partial charge is 0.213 e. The Labute approximate surface area is 75.6 Å². The SMILES string of the molecule is CCCCC(C)(C)NS(C)(=O)=O. The molecule has 12 heavy (non-hydrogen) atoms. The first-order valence-corrected chi connectivity index (χ1v) is 6.15. The molecular formula is C8H19NO2S. The second-order valence-electron chi connectivity index (χ2n) is 3.86. The summed E-state index contributed by atoms with van der Waals surface area (Å²) >= 11 is 0. The first-order valence-electron chi connectivity index (χ1n) is 4.26. The van der Waals surface area contributed by atoms with Crippen molar-refractivity contribution in [1.82, 2.24) is 4.72 Å². The van der Waals surface area contributed by atoms with Gasteiger partial charge in [-0.05, 0) is 20.3 Å². The number of hydrogen-bond acceptors (Lipinski definition) is 2. The molecule has 0 aromatic carbocycles. The molecule has 0 unspecified atom stereocenters. The second-order valence-corrected chi connectivity index (χ2v) is 5.61.